The summed E-state index contributed by atoms with van der Waals surface area (Å²) in [5, 5.41) is 6.52. The van der Waals surface area contributed by atoms with E-state index in [-0.39, 0.29) is 24.0 Å². The van der Waals surface area contributed by atoms with E-state index in [9.17, 15) is 0 Å². The highest BCUT2D eigenvalue weighted by Crippen LogP contribution is 2.07. The molecule has 126 valence electrons. The lowest BCUT2D eigenvalue weighted by atomic mass is 10.3. The average Bonchev–Trinajstić information content (AvgIpc) is 2.53. The second-order valence-corrected chi connectivity index (χ2v) is 4.49. The molecule has 0 amide bonds. The van der Waals surface area contributed by atoms with E-state index in [1.807, 2.05) is 37.3 Å². The highest BCUT2D eigenvalue weighted by atomic mass is 127. The zero-order valence-corrected chi connectivity index (χ0v) is 15.8. The highest BCUT2D eigenvalue weighted by Gasteiger charge is 1.97. The van der Waals surface area contributed by atoms with Crippen molar-refractivity contribution in [2.75, 3.05) is 40.0 Å². The predicted octanol–water partition coefficient (Wildman–Crippen LogP) is 2.67. The Morgan fingerprint density at radius 1 is 1.05 bits per heavy atom. The first-order chi connectivity index (χ1) is 10.4. The number of halogens is 1. The molecule has 5 nitrogen and oxygen atoms in total. The number of nitrogens with zero attached hydrogens (tertiary/aromatic N) is 1. The summed E-state index contributed by atoms with van der Waals surface area (Å²) in [6, 6.07) is 9.86. The number of nitrogens with one attached hydrogen (secondary N) is 2. The maximum absolute atomic E-state index is 5.63. The molecule has 0 saturated carbocycles. The van der Waals surface area contributed by atoms with Crippen LogP contribution in [0.25, 0.3) is 0 Å². The topological polar surface area (TPSA) is 54.9 Å². The Labute approximate surface area is 150 Å². The van der Waals surface area contributed by atoms with Crippen molar-refractivity contribution < 1.29 is 9.47 Å². The van der Waals surface area contributed by atoms with E-state index in [2.05, 4.69) is 15.6 Å². The van der Waals surface area contributed by atoms with E-state index in [1.165, 1.54) is 0 Å². The van der Waals surface area contributed by atoms with Gasteiger partial charge in [-0.25, -0.2) is 0 Å². The molecule has 2 N–H and O–H groups in total. The van der Waals surface area contributed by atoms with Crippen molar-refractivity contribution in [1.29, 1.82) is 0 Å². The van der Waals surface area contributed by atoms with Crippen LogP contribution >= 0.6 is 24.0 Å². The van der Waals surface area contributed by atoms with E-state index >= 15 is 0 Å². The first kappa shape index (κ1) is 21.0. The Balaban J connectivity index is 0.00000441. The molecule has 1 rings (SSSR count). The third-order valence-corrected chi connectivity index (χ3v) is 2.81. The number of ether oxygens (including phenoxy) is 2. The number of guanidine groups is 1. The summed E-state index contributed by atoms with van der Waals surface area (Å²) >= 11 is 0. The summed E-state index contributed by atoms with van der Waals surface area (Å²) in [6.07, 6.45) is 1.90. The molecule has 0 radical (unpaired) electrons. The molecular weight excluding hydrogens is 393 g/mol. The van der Waals surface area contributed by atoms with Crippen LogP contribution in [0.3, 0.4) is 0 Å². The zero-order valence-electron chi connectivity index (χ0n) is 13.5. The van der Waals surface area contributed by atoms with E-state index in [0.717, 1.165) is 50.9 Å². The molecule has 0 spiro atoms. The van der Waals surface area contributed by atoms with Crippen LogP contribution in [0.2, 0.25) is 0 Å². The molecule has 0 atom stereocenters. The third kappa shape index (κ3) is 10.7. The van der Waals surface area contributed by atoms with Crippen LogP contribution < -0.4 is 15.4 Å². The molecule has 1 aromatic rings. The predicted molar refractivity (Wildman–Crippen MR) is 102 cm³/mol. The van der Waals surface area contributed by atoms with Gasteiger partial charge in [-0.05, 0) is 31.9 Å². The summed E-state index contributed by atoms with van der Waals surface area (Å²) < 4.78 is 10.9. The number of para-hydroxylation sites is 1. The summed E-state index contributed by atoms with van der Waals surface area (Å²) in [5.41, 5.74) is 0. The molecule has 0 heterocycles. The maximum atomic E-state index is 5.63. The van der Waals surface area contributed by atoms with Gasteiger partial charge in [0.1, 0.15) is 5.75 Å². The fourth-order valence-electron chi connectivity index (χ4n) is 1.73. The molecule has 6 heteroatoms. The fourth-order valence-corrected chi connectivity index (χ4v) is 1.73. The van der Waals surface area contributed by atoms with Crippen molar-refractivity contribution in [2.24, 2.45) is 4.99 Å². The summed E-state index contributed by atoms with van der Waals surface area (Å²) in [6.45, 7) is 5.95. The molecular formula is C16H28IN3O2. The minimum atomic E-state index is 0. The Kier molecular flexibility index (Phi) is 14.2. The van der Waals surface area contributed by atoms with Crippen LogP contribution in [0.5, 0.6) is 5.75 Å². The van der Waals surface area contributed by atoms with Crippen LogP contribution in [0, 0.1) is 0 Å². The third-order valence-electron chi connectivity index (χ3n) is 2.81. The van der Waals surface area contributed by atoms with Gasteiger partial charge in [0, 0.05) is 33.4 Å². The average molecular weight is 421 g/mol. The minimum absolute atomic E-state index is 0. The van der Waals surface area contributed by atoms with Crippen molar-refractivity contribution in [3.05, 3.63) is 30.3 Å². The standard InChI is InChI=1S/C16H27N3O2.HI/c1-3-20-13-7-11-18-16(17-2)19-12-8-14-21-15-9-5-4-6-10-15;/h4-6,9-10H,3,7-8,11-14H2,1-2H3,(H2,17,18,19);1H. The summed E-state index contributed by atoms with van der Waals surface area (Å²) in [5.74, 6) is 1.74. The van der Waals surface area contributed by atoms with E-state index in [4.69, 9.17) is 9.47 Å². The zero-order chi connectivity index (χ0) is 15.2. The molecule has 0 aliphatic heterocycles. The maximum Gasteiger partial charge on any atom is 0.190 e. The molecule has 0 unspecified atom stereocenters. The molecule has 0 bridgehead atoms. The first-order valence-electron chi connectivity index (χ1n) is 7.57. The number of rotatable bonds is 10. The summed E-state index contributed by atoms with van der Waals surface area (Å²) in [7, 11) is 1.78. The van der Waals surface area contributed by atoms with E-state index < -0.39 is 0 Å². The van der Waals surface area contributed by atoms with Crippen LogP contribution in [-0.4, -0.2) is 45.9 Å². The SMILES string of the molecule is CCOCCCNC(=NC)NCCCOc1ccccc1.I. The lowest BCUT2D eigenvalue weighted by Gasteiger charge is -2.12. The van der Waals surface area contributed by atoms with Gasteiger partial charge in [0.15, 0.2) is 5.96 Å². The van der Waals surface area contributed by atoms with Crippen LogP contribution in [0.15, 0.2) is 35.3 Å². The van der Waals surface area contributed by atoms with Gasteiger partial charge in [0.05, 0.1) is 6.61 Å². The van der Waals surface area contributed by atoms with Gasteiger partial charge in [0.2, 0.25) is 0 Å². The molecule has 0 aliphatic carbocycles. The summed E-state index contributed by atoms with van der Waals surface area (Å²) in [4.78, 5) is 4.17. The Hall–Kier alpha value is -1.02. The van der Waals surface area contributed by atoms with Gasteiger partial charge in [-0.2, -0.15) is 0 Å². The molecule has 22 heavy (non-hydrogen) atoms. The van der Waals surface area contributed by atoms with Crippen LogP contribution in [-0.2, 0) is 4.74 Å². The van der Waals surface area contributed by atoms with Gasteiger partial charge in [0.25, 0.3) is 0 Å². The van der Waals surface area contributed by atoms with Crippen LogP contribution in [0.4, 0.5) is 0 Å². The second kappa shape index (κ2) is 14.9. The minimum Gasteiger partial charge on any atom is -0.494 e. The van der Waals surface area contributed by atoms with E-state index in [1.54, 1.807) is 7.05 Å². The van der Waals surface area contributed by atoms with Crippen molar-refractivity contribution in [2.45, 2.75) is 19.8 Å². The number of aliphatic imine (C=N–C) groups is 1. The lowest BCUT2D eigenvalue weighted by Crippen LogP contribution is -2.38. The Morgan fingerprint density at radius 2 is 1.68 bits per heavy atom. The number of hydrogen-bond acceptors (Lipinski definition) is 3. The van der Waals surface area contributed by atoms with Crippen molar-refractivity contribution in [3.63, 3.8) is 0 Å². The fraction of sp³-hybridized carbons (Fsp3) is 0.562. The van der Waals surface area contributed by atoms with Crippen molar-refractivity contribution >= 4 is 29.9 Å². The monoisotopic (exact) mass is 421 g/mol. The smallest absolute Gasteiger partial charge is 0.190 e. The van der Waals surface area contributed by atoms with Gasteiger partial charge in [-0.1, -0.05) is 18.2 Å². The largest absolute Gasteiger partial charge is 0.494 e. The van der Waals surface area contributed by atoms with Gasteiger partial charge >= 0.3 is 0 Å². The quantitative estimate of drug-likeness (QED) is 0.264. The molecule has 0 aliphatic rings. The molecule has 1 aromatic carbocycles. The highest BCUT2D eigenvalue weighted by molar-refractivity contribution is 14.0. The molecule has 0 aromatic heterocycles. The van der Waals surface area contributed by atoms with Gasteiger partial charge in [-0.15, -0.1) is 24.0 Å². The normalized spacial score (nSPS) is 10.7. The Bertz CT molecular complexity index is 388. The van der Waals surface area contributed by atoms with E-state index in [0.29, 0.717) is 6.61 Å². The van der Waals surface area contributed by atoms with Gasteiger partial charge < -0.3 is 20.1 Å². The second-order valence-electron chi connectivity index (χ2n) is 4.49. The van der Waals surface area contributed by atoms with Crippen LogP contribution in [0.1, 0.15) is 19.8 Å². The lowest BCUT2D eigenvalue weighted by molar-refractivity contribution is 0.145. The van der Waals surface area contributed by atoms with Crippen molar-refractivity contribution in [1.82, 2.24) is 10.6 Å². The van der Waals surface area contributed by atoms with Gasteiger partial charge in [-0.3, -0.25) is 4.99 Å². The first-order valence-corrected chi connectivity index (χ1v) is 7.57. The Morgan fingerprint density at radius 3 is 2.27 bits per heavy atom. The molecule has 0 fully saturated rings. The van der Waals surface area contributed by atoms with Crippen molar-refractivity contribution in [3.8, 4) is 5.75 Å². The number of benzene rings is 1. The number of hydrogen-bond donors (Lipinski definition) is 2. The molecule has 0 saturated heterocycles.